The van der Waals surface area contributed by atoms with E-state index in [0.29, 0.717) is 5.02 Å². The quantitative estimate of drug-likeness (QED) is 0.904. The van der Waals surface area contributed by atoms with Crippen molar-refractivity contribution in [3.63, 3.8) is 0 Å². The molecule has 0 bridgehead atoms. The fourth-order valence-electron chi connectivity index (χ4n) is 4.08. The van der Waals surface area contributed by atoms with E-state index in [1.807, 2.05) is 24.3 Å². The standard InChI is InChI=1S/C17H24ClNO/c18-15-9-3-2-8-14(15)16(20)17(10-4-5-11-17)19-12-6-1-7-13-19/h2-3,8-9,16,20H,1,4-7,10-13H2. The van der Waals surface area contributed by atoms with Gasteiger partial charge in [-0.25, -0.2) is 0 Å². The monoisotopic (exact) mass is 293 g/mol. The first-order valence-electron chi connectivity index (χ1n) is 7.92. The average Bonchev–Trinajstić information content (AvgIpc) is 2.99. The highest BCUT2D eigenvalue weighted by molar-refractivity contribution is 6.31. The highest BCUT2D eigenvalue weighted by atomic mass is 35.5. The molecule has 0 aromatic heterocycles. The van der Waals surface area contributed by atoms with E-state index in [1.54, 1.807) is 0 Å². The summed E-state index contributed by atoms with van der Waals surface area (Å²) >= 11 is 6.32. The highest BCUT2D eigenvalue weighted by Gasteiger charge is 2.46. The van der Waals surface area contributed by atoms with Crippen molar-refractivity contribution in [2.75, 3.05) is 13.1 Å². The van der Waals surface area contributed by atoms with Gasteiger partial charge in [0.25, 0.3) is 0 Å². The molecule has 1 saturated heterocycles. The third-order valence-corrected chi connectivity index (χ3v) is 5.51. The number of aliphatic hydroxyl groups excluding tert-OH is 1. The molecule has 1 aromatic rings. The number of nitrogens with zero attached hydrogens (tertiary/aromatic N) is 1. The van der Waals surface area contributed by atoms with Crippen molar-refractivity contribution in [1.82, 2.24) is 4.90 Å². The van der Waals surface area contributed by atoms with E-state index in [2.05, 4.69) is 4.90 Å². The second kappa shape index (κ2) is 6.05. The van der Waals surface area contributed by atoms with Gasteiger partial charge in [0.05, 0.1) is 11.6 Å². The number of halogens is 1. The lowest BCUT2D eigenvalue weighted by molar-refractivity contribution is -0.0404. The van der Waals surface area contributed by atoms with E-state index in [0.717, 1.165) is 31.5 Å². The topological polar surface area (TPSA) is 23.5 Å². The maximum Gasteiger partial charge on any atom is 0.0987 e. The third-order valence-electron chi connectivity index (χ3n) is 5.16. The van der Waals surface area contributed by atoms with Crippen LogP contribution in [0.25, 0.3) is 0 Å². The molecule has 2 nitrogen and oxygen atoms in total. The molecular formula is C17H24ClNO. The second-order valence-corrected chi connectivity index (χ2v) is 6.69. The molecular weight excluding hydrogens is 270 g/mol. The van der Waals surface area contributed by atoms with E-state index in [1.165, 1.54) is 32.1 Å². The van der Waals surface area contributed by atoms with Gasteiger partial charge in [0.15, 0.2) is 0 Å². The van der Waals surface area contributed by atoms with Crippen LogP contribution >= 0.6 is 11.6 Å². The van der Waals surface area contributed by atoms with Crippen molar-refractivity contribution >= 4 is 11.6 Å². The number of aliphatic hydroxyl groups is 1. The maximum absolute atomic E-state index is 11.1. The predicted molar refractivity (Wildman–Crippen MR) is 83.0 cm³/mol. The van der Waals surface area contributed by atoms with Crippen molar-refractivity contribution in [2.24, 2.45) is 0 Å². The van der Waals surface area contributed by atoms with Gasteiger partial charge in [0.1, 0.15) is 0 Å². The number of hydrogen-bond donors (Lipinski definition) is 1. The molecule has 3 heteroatoms. The van der Waals surface area contributed by atoms with Crippen LogP contribution in [0.3, 0.4) is 0 Å². The van der Waals surface area contributed by atoms with Crippen LogP contribution in [0, 0.1) is 0 Å². The minimum absolute atomic E-state index is 0.0780. The molecule has 2 fully saturated rings. The molecule has 2 aliphatic rings. The Kier molecular flexibility index (Phi) is 4.34. The van der Waals surface area contributed by atoms with Crippen molar-refractivity contribution in [2.45, 2.75) is 56.6 Å². The Hall–Kier alpha value is -0.570. The van der Waals surface area contributed by atoms with Crippen LogP contribution in [0.4, 0.5) is 0 Å². The fourth-order valence-corrected chi connectivity index (χ4v) is 4.31. The van der Waals surface area contributed by atoms with Gasteiger partial charge >= 0.3 is 0 Å². The zero-order valence-corrected chi connectivity index (χ0v) is 12.8. The smallest absolute Gasteiger partial charge is 0.0987 e. The minimum atomic E-state index is -0.461. The van der Waals surface area contributed by atoms with Crippen LogP contribution in [0.1, 0.15) is 56.6 Å². The van der Waals surface area contributed by atoms with Crippen molar-refractivity contribution in [3.8, 4) is 0 Å². The van der Waals surface area contributed by atoms with Crippen molar-refractivity contribution < 1.29 is 5.11 Å². The normalized spacial score (nSPS) is 24.7. The minimum Gasteiger partial charge on any atom is -0.386 e. The summed E-state index contributed by atoms with van der Waals surface area (Å²) in [5.41, 5.74) is 0.826. The first kappa shape index (κ1) is 14.4. The van der Waals surface area contributed by atoms with Gasteiger partial charge in [0, 0.05) is 10.6 Å². The number of likely N-dealkylation sites (tertiary alicyclic amines) is 1. The lowest BCUT2D eigenvalue weighted by atomic mass is 9.83. The molecule has 1 atom stereocenters. The third kappa shape index (κ3) is 2.49. The largest absolute Gasteiger partial charge is 0.386 e. The summed E-state index contributed by atoms with van der Waals surface area (Å²) in [7, 11) is 0. The van der Waals surface area contributed by atoms with E-state index in [9.17, 15) is 5.11 Å². The van der Waals surface area contributed by atoms with Crippen molar-refractivity contribution in [1.29, 1.82) is 0 Å². The summed E-state index contributed by atoms with van der Waals surface area (Å²) < 4.78 is 0. The molecule has 0 spiro atoms. The maximum atomic E-state index is 11.1. The Morgan fingerprint density at radius 2 is 1.65 bits per heavy atom. The highest BCUT2D eigenvalue weighted by Crippen LogP contribution is 2.46. The van der Waals surface area contributed by atoms with E-state index in [-0.39, 0.29) is 5.54 Å². The summed E-state index contributed by atoms with van der Waals surface area (Å²) in [6.45, 7) is 2.25. The Bertz CT molecular complexity index is 450. The molecule has 0 amide bonds. The SMILES string of the molecule is OC(c1ccccc1Cl)C1(N2CCCCC2)CCCC1. The molecule has 1 aromatic carbocycles. The summed E-state index contributed by atoms with van der Waals surface area (Å²) in [6.07, 6.45) is 8.02. The van der Waals surface area contributed by atoms with Crippen LogP contribution in [0.5, 0.6) is 0 Å². The zero-order chi connectivity index (χ0) is 14.0. The lowest BCUT2D eigenvalue weighted by Gasteiger charge is -2.46. The van der Waals surface area contributed by atoms with Gasteiger partial charge in [-0.1, -0.05) is 49.1 Å². The Morgan fingerprint density at radius 1 is 1.00 bits per heavy atom. The van der Waals surface area contributed by atoms with Crippen LogP contribution in [0.2, 0.25) is 5.02 Å². The van der Waals surface area contributed by atoms with E-state index < -0.39 is 6.10 Å². The van der Waals surface area contributed by atoms with Gasteiger partial charge in [0.2, 0.25) is 0 Å². The van der Waals surface area contributed by atoms with Gasteiger partial charge < -0.3 is 5.11 Å². The zero-order valence-electron chi connectivity index (χ0n) is 12.0. The molecule has 0 radical (unpaired) electrons. The van der Waals surface area contributed by atoms with Crippen LogP contribution in [-0.2, 0) is 0 Å². The number of piperidine rings is 1. The van der Waals surface area contributed by atoms with Crippen LogP contribution < -0.4 is 0 Å². The first-order valence-corrected chi connectivity index (χ1v) is 8.29. The molecule has 1 aliphatic heterocycles. The number of benzene rings is 1. The molecule has 1 saturated carbocycles. The van der Waals surface area contributed by atoms with Gasteiger partial charge in [-0.3, -0.25) is 4.90 Å². The van der Waals surface area contributed by atoms with Crippen LogP contribution in [0.15, 0.2) is 24.3 Å². The molecule has 20 heavy (non-hydrogen) atoms. The number of rotatable bonds is 3. The Balaban J connectivity index is 1.91. The summed E-state index contributed by atoms with van der Waals surface area (Å²) in [4.78, 5) is 2.55. The molecule has 3 rings (SSSR count). The first-order chi connectivity index (χ1) is 9.74. The molecule has 1 unspecified atom stereocenters. The van der Waals surface area contributed by atoms with Crippen molar-refractivity contribution in [3.05, 3.63) is 34.9 Å². The molecule has 1 heterocycles. The molecule has 1 N–H and O–H groups in total. The Labute approximate surface area is 126 Å². The molecule has 1 aliphatic carbocycles. The second-order valence-electron chi connectivity index (χ2n) is 6.28. The molecule has 110 valence electrons. The van der Waals surface area contributed by atoms with Gasteiger partial charge in [-0.15, -0.1) is 0 Å². The van der Waals surface area contributed by atoms with Gasteiger partial charge in [-0.2, -0.15) is 0 Å². The van der Waals surface area contributed by atoms with E-state index >= 15 is 0 Å². The predicted octanol–water partition coefficient (Wildman–Crippen LogP) is 4.17. The fraction of sp³-hybridized carbons (Fsp3) is 0.647. The summed E-state index contributed by atoms with van der Waals surface area (Å²) in [6, 6.07) is 7.78. The lowest BCUT2D eigenvalue weighted by Crippen LogP contribution is -2.53. The van der Waals surface area contributed by atoms with E-state index in [4.69, 9.17) is 11.6 Å². The van der Waals surface area contributed by atoms with Gasteiger partial charge in [-0.05, 0) is 44.8 Å². The summed E-state index contributed by atoms with van der Waals surface area (Å²) in [5, 5.41) is 11.8. The number of hydrogen-bond acceptors (Lipinski definition) is 2. The summed E-state index contributed by atoms with van der Waals surface area (Å²) in [5.74, 6) is 0. The van der Waals surface area contributed by atoms with Crippen LogP contribution in [-0.4, -0.2) is 28.6 Å². The average molecular weight is 294 g/mol. The Morgan fingerprint density at radius 3 is 2.30 bits per heavy atom.